The number of nitrogens with one attached hydrogen (secondary N) is 1. The molecule has 0 bridgehead atoms. The minimum Gasteiger partial charge on any atom is -0.508 e. The highest BCUT2D eigenvalue weighted by molar-refractivity contribution is 7.94. The summed E-state index contributed by atoms with van der Waals surface area (Å²) in [5.74, 6) is -0.796. The van der Waals surface area contributed by atoms with Gasteiger partial charge in [0.25, 0.3) is 5.91 Å². The Morgan fingerprint density at radius 3 is 2.42 bits per heavy atom. The molecule has 2 aromatic rings. The number of sulfonamides is 1. The summed E-state index contributed by atoms with van der Waals surface area (Å²) in [6.07, 6.45) is 0.452. The number of amides is 2. The van der Waals surface area contributed by atoms with Crippen molar-refractivity contribution >= 4 is 27.5 Å². The largest absolute Gasteiger partial charge is 0.508 e. The molecule has 136 valence electrons. The molecule has 2 amide bonds. The summed E-state index contributed by atoms with van der Waals surface area (Å²) in [4.78, 5) is 23.9. The first-order valence-electron chi connectivity index (χ1n) is 8.09. The van der Waals surface area contributed by atoms with Crippen molar-refractivity contribution in [2.45, 2.75) is 12.8 Å². The van der Waals surface area contributed by atoms with Gasteiger partial charge in [-0.2, -0.15) is 0 Å². The van der Waals surface area contributed by atoms with Gasteiger partial charge in [-0.25, -0.2) is 12.7 Å². The lowest BCUT2D eigenvalue weighted by Crippen LogP contribution is -2.29. The number of carbonyl (C=O) groups is 2. The van der Waals surface area contributed by atoms with E-state index in [0.717, 1.165) is 9.87 Å². The smallest absolute Gasteiger partial charge is 0.251 e. The van der Waals surface area contributed by atoms with Crippen LogP contribution in [0.4, 0.5) is 5.69 Å². The van der Waals surface area contributed by atoms with Crippen molar-refractivity contribution in [2.24, 2.45) is 0 Å². The monoisotopic (exact) mass is 374 g/mol. The number of anilines is 1. The zero-order valence-electron chi connectivity index (χ0n) is 13.9. The van der Waals surface area contributed by atoms with E-state index in [1.165, 1.54) is 24.3 Å². The molecule has 3 rings (SSSR count). The van der Waals surface area contributed by atoms with Gasteiger partial charge in [0.05, 0.1) is 11.4 Å². The van der Waals surface area contributed by atoms with Gasteiger partial charge < -0.3 is 10.4 Å². The number of para-hydroxylation sites is 1. The number of carbonyl (C=O) groups excluding carboxylic acids is 2. The van der Waals surface area contributed by atoms with Crippen LogP contribution in [0, 0.1) is 0 Å². The average Bonchev–Trinajstić information content (AvgIpc) is 2.89. The topological polar surface area (TPSA) is 104 Å². The molecule has 1 aliphatic heterocycles. The number of phenols is 1. The van der Waals surface area contributed by atoms with Gasteiger partial charge in [-0.05, 0) is 42.3 Å². The predicted octanol–water partition coefficient (Wildman–Crippen LogP) is 1.43. The molecular formula is C18H18N2O5S. The van der Waals surface area contributed by atoms with Gasteiger partial charge in [-0.15, -0.1) is 0 Å². The summed E-state index contributed by atoms with van der Waals surface area (Å²) >= 11 is 0. The van der Waals surface area contributed by atoms with Crippen LogP contribution in [0.15, 0.2) is 48.5 Å². The lowest BCUT2D eigenvalue weighted by molar-refractivity contribution is -0.116. The molecule has 0 aliphatic carbocycles. The Bertz CT molecular complexity index is 938. The first-order valence-corrected chi connectivity index (χ1v) is 9.70. The quantitative estimate of drug-likeness (QED) is 0.824. The SMILES string of the molecule is O=C(NCCc1ccccc1O)c1ccc(N2C(=O)CCS2(=O)=O)cc1. The normalized spacial score (nSPS) is 15.8. The molecule has 0 unspecified atom stereocenters. The van der Waals surface area contributed by atoms with Crippen LogP contribution in [-0.2, 0) is 21.2 Å². The van der Waals surface area contributed by atoms with E-state index in [1.807, 2.05) is 6.07 Å². The number of nitrogens with zero attached hydrogens (tertiary/aromatic N) is 1. The fourth-order valence-corrected chi connectivity index (χ4v) is 4.21. The highest BCUT2D eigenvalue weighted by Crippen LogP contribution is 2.25. The van der Waals surface area contributed by atoms with Crippen LogP contribution < -0.4 is 9.62 Å². The van der Waals surface area contributed by atoms with Crippen molar-refractivity contribution in [3.8, 4) is 5.75 Å². The molecule has 0 radical (unpaired) electrons. The van der Waals surface area contributed by atoms with Crippen LogP contribution in [0.25, 0.3) is 0 Å². The Morgan fingerprint density at radius 2 is 1.81 bits per heavy atom. The molecule has 2 N–H and O–H groups in total. The third-order valence-corrected chi connectivity index (χ3v) is 5.80. The third-order valence-electron chi connectivity index (χ3n) is 4.11. The van der Waals surface area contributed by atoms with Gasteiger partial charge in [-0.1, -0.05) is 18.2 Å². The number of rotatable bonds is 5. The van der Waals surface area contributed by atoms with Gasteiger partial charge in [0.15, 0.2) is 0 Å². The number of benzene rings is 2. The first kappa shape index (κ1) is 17.9. The minimum atomic E-state index is -3.61. The molecule has 0 spiro atoms. The fraction of sp³-hybridized carbons (Fsp3) is 0.222. The Hall–Kier alpha value is -2.87. The summed E-state index contributed by atoms with van der Waals surface area (Å²) in [5, 5.41) is 12.4. The lowest BCUT2D eigenvalue weighted by Gasteiger charge is -2.15. The second-order valence-corrected chi connectivity index (χ2v) is 7.84. The van der Waals surface area contributed by atoms with Gasteiger partial charge in [0.2, 0.25) is 15.9 Å². The molecule has 2 aromatic carbocycles. The maximum atomic E-state index is 12.2. The van der Waals surface area contributed by atoms with Crippen molar-refractivity contribution in [3.05, 3.63) is 59.7 Å². The van der Waals surface area contributed by atoms with Crippen LogP contribution in [0.2, 0.25) is 0 Å². The molecule has 1 aliphatic rings. The van der Waals surface area contributed by atoms with Crippen molar-refractivity contribution in [1.29, 1.82) is 0 Å². The molecule has 26 heavy (non-hydrogen) atoms. The van der Waals surface area contributed by atoms with Crippen molar-refractivity contribution in [1.82, 2.24) is 5.32 Å². The van der Waals surface area contributed by atoms with Crippen molar-refractivity contribution in [2.75, 3.05) is 16.6 Å². The zero-order chi connectivity index (χ0) is 18.7. The van der Waals surface area contributed by atoms with E-state index in [0.29, 0.717) is 18.5 Å². The minimum absolute atomic E-state index is 0.0309. The summed E-state index contributed by atoms with van der Waals surface area (Å²) in [7, 11) is -3.61. The standard InChI is InChI=1S/C18H18N2O5S/c21-16-4-2-1-3-13(16)9-11-19-18(23)14-5-7-15(8-6-14)20-17(22)10-12-26(20,24)25/h1-8,21H,9-12H2,(H,19,23). The highest BCUT2D eigenvalue weighted by atomic mass is 32.2. The van der Waals surface area contributed by atoms with Crippen LogP contribution in [0.1, 0.15) is 22.3 Å². The zero-order valence-corrected chi connectivity index (χ0v) is 14.7. The van der Waals surface area contributed by atoms with E-state index in [-0.39, 0.29) is 29.5 Å². The Balaban J connectivity index is 1.62. The molecule has 1 saturated heterocycles. The molecule has 0 aromatic heterocycles. The summed E-state index contributed by atoms with van der Waals surface area (Å²) < 4.78 is 24.6. The van der Waals surface area contributed by atoms with Gasteiger partial charge in [0.1, 0.15) is 5.75 Å². The second kappa shape index (κ2) is 7.17. The first-order chi connectivity index (χ1) is 12.4. The van der Waals surface area contributed by atoms with Crippen LogP contribution in [0.5, 0.6) is 5.75 Å². The van der Waals surface area contributed by atoms with E-state index < -0.39 is 15.9 Å². The van der Waals surface area contributed by atoms with Gasteiger partial charge in [0, 0.05) is 18.5 Å². The van der Waals surface area contributed by atoms with Crippen LogP contribution >= 0.6 is 0 Å². The van der Waals surface area contributed by atoms with Crippen molar-refractivity contribution in [3.63, 3.8) is 0 Å². The van der Waals surface area contributed by atoms with Crippen LogP contribution in [0.3, 0.4) is 0 Å². The fourth-order valence-electron chi connectivity index (χ4n) is 2.75. The Morgan fingerprint density at radius 1 is 1.12 bits per heavy atom. The molecule has 0 saturated carbocycles. The van der Waals surface area contributed by atoms with Crippen LogP contribution in [-0.4, -0.2) is 37.6 Å². The number of hydrogen-bond donors (Lipinski definition) is 2. The number of hydrogen-bond acceptors (Lipinski definition) is 5. The summed E-state index contributed by atoms with van der Waals surface area (Å²) in [5.41, 5.74) is 1.33. The Labute approximate surface area is 151 Å². The van der Waals surface area contributed by atoms with Crippen molar-refractivity contribution < 1.29 is 23.1 Å². The highest BCUT2D eigenvalue weighted by Gasteiger charge is 2.36. The lowest BCUT2D eigenvalue weighted by atomic mass is 10.1. The van der Waals surface area contributed by atoms with E-state index in [1.54, 1.807) is 18.2 Å². The van der Waals surface area contributed by atoms with E-state index in [9.17, 15) is 23.1 Å². The van der Waals surface area contributed by atoms with Gasteiger partial charge in [-0.3, -0.25) is 9.59 Å². The maximum absolute atomic E-state index is 12.2. The third kappa shape index (κ3) is 3.70. The molecule has 1 heterocycles. The molecule has 0 atom stereocenters. The van der Waals surface area contributed by atoms with E-state index >= 15 is 0 Å². The Kier molecular flexibility index (Phi) is 4.94. The average molecular weight is 374 g/mol. The molecule has 8 heteroatoms. The molecule has 1 fully saturated rings. The van der Waals surface area contributed by atoms with E-state index in [4.69, 9.17) is 0 Å². The number of aromatic hydroxyl groups is 1. The van der Waals surface area contributed by atoms with Gasteiger partial charge >= 0.3 is 0 Å². The maximum Gasteiger partial charge on any atom is 0.251 e. The predicted molar refractivity (Wildman–Crippen MR) is 96.5 cm³/mol. The number of phenolic OH excluding ortho intramolecular Hbond substituents is 1. The summed E-state index contributed by atoms with van der Waals surface area (Å²) in [6, 6.07) is 12.7. The second-order valence-electron chi connectivity index (χ2n) is 5.91. The summed E-state index contributed by atoms with van der Waals surface area (Å²) in [6.45, 7) is 0.344. The molecule has 7 nitrogen and oxygen atoms in total. The molecular weight excluding hydrogens is 356 g/mol. The van der Waals surface area contributed by atoms with E-state index in [2.05, 4.69) is 5.32 Å².